The molecule has 1 aliphatic rings. The molecule has 4 nitrogen and oxygen atoms in total. The third kappa shape index (κ3) is 2.69. The zero-order chi connectivity index (χ0) is 12.3. The maximum atomic E-state index is 5.62. The number of nitrogens with one attached hydrogen (secondary N) is 1. The molecular weight excluding hydrogens is 252 g/mol. The van der Waals surface area contributed by atoms with Gasteiger partial charge in [0.05, 0.1) is 0 Å². The molecule has 2 rings (SSSR count). The van der Waals surface area contributed by atoms with E-state index < -0.39 is 0 Å². The number of nitrogens with zero attached hydrogens (tertiary/aromatic N) is 2. The molecule has 1 fully saturated rings. The summed E-state index contributed by atoms with van der Waals surface area (Å²) in [6, 6.07) is 0. The SMILES string of the molecule is CSC1(CNc2nccnc2C(N)=S)CCC1. The number of anilines is 1. The predicted octanol–water partition coefficient (Wildman–Crippen LogP) is 1.81. The highest BCUT2D eigenvalue weighted by atomic mass is 32.2. The summed E-state index contributed by atoms with van der Waals surface area (Å²) < 4.78 is 0.352. The number of hydrogen-bond acceptors (Lipinski definition) is 5. The van der Waals surface area contributed by atoms with Gasteiger partial charge in [-0.2, -0.15) is 11.8 Å². The van der Waals surface area contributed by atoms with Crippen molar-refractivity contribution in [2.75, 3.05) is 18.1 Å². The van der Waals surface area contributed by atoms with Gasteiger partial charge in [-0.25, -0.2) is 9.97 Å². The Balaban J connectivity index is 2.06. The molecule has 1 aliphatic carbocycles. The molecule has 0 aliphatic heterocycles. The van der Waals surface area contributed by atoms with Crippen molar-refractivity contribution in [2.24, 2.45) is 5.73 Å². The van der Waals surface area contributed by atoms with Gasteiger partial charge in [0.2, 0.25) is 0 Å². The summed E-state index contributed by atoms with van der Waals surface area (Å²) in [5.41, 5.74) is 6.20. The van der Waals surface area contributed by atoms with E-state index in [-0.39, 0.29) is 4.99 Å². The quantitative estimate of drug-likeness (QED) is 0.794. The van der Waals surface area contributed by atoms with Gasteiger partial charge in [0, 0.05) is 23.7 Å². The third-order valence-corrected chi connectivity index (χ3v) is 4.82. The van der Waals surface area contributed by atoms with Crippen molar-refractivity contribution < 1.29 is 0 Å². The van der Waals surface area contributed by atoms with Gasteiger partial charge in [0.25, 0.3) is 0 Å². The lowest BCUT2D eigenvalue weighted by Crippen LogP contribution is -2.40. The Bertz CT molecular complexity index is 412. The molecule has 6 heteroatoms. The van der Waals surface area contributed by atoms with E-state index in [1.165, 1.54) is 19.3 Å². The van der Waals surface area contributed by atoms with Crippen molar-refractivity contribution in [2.45, 2.75) is 24.0 Å². The summed E-state index contributed by atoms with van der Waals surface area (Å²) >= 11 is 6.88. The summed E-state index contributed by atoms with van der Waals surface area (Å²) in [4.78, 5) is 8.68. The van der Waals surface area contributed by atoms with Crippen molar-refractivity contribution in [3.8, 4) is 0 Å². The number of nitrogens with two attached hydrogens (primary N) is 1. The summed E-state index contributed by atoms with van der Waals surface area (Å²) in [5.74, 6) is 0.695. The molecule has 1 heterocycles. The zero-order valence-corrected chi connectivity index (χ0v) is 11.4. The molecule has 17 heavy (non-hydrogen) atoms. The van der Waals surface area contributed by atoms with Crippen LogP contribution in [0.3, 0.4) is 0 Å². The fraction of sp³-hybridized carbons (Fsp3) is 0.545. The van der Waals surface area contributed by atoms with Crippen LogP contribution in [0.2, 0.25) is 0 Å². The Morgan fingerprint density at radius 1 is 1.53 bits per heavy atom. The van der Waals surface area contributed by atoms with Crippen LogP contribution in [0.1, 0.15) is 25.0 Å². The smallest absolute Gasteiger partial charge is 0.155 e. The molecule has 1 saturated carbocycles. The third-order valence-electron chi connectivity index (χ3n) is 3.21. The predicted molar refractivity (Wildman–Crippen MR) is 76.5 cm³/mol. The van der Waals surface area contributed by atoms with Gasteiger partial charge in [0.1, 0.15) is 10.7 Å². The Hall–Kier alpha value is -0.880. The second-order valence-electron chi connectivity index (χ2n) is 4.21. The van der Waals surface area contributed by atoms with Crippen LogP contribution in [-0.2, 0) is 0 Å². The van der Waals surface area contributed by atoms with E-state index in [1.54, 1.807) is 12.4 Å². The topological polar surface area (TPSA) is 63.8 Å². The van der Waals surface area contributed by atoms with Gasteiger partial charge in [-0.1, -0.05) is 18.6 Å². The van der Waals surface area contributed by atoms with E-state index in [0.29, 0.717) is 16.3 Å². The van der Waals surface area contributed by atoms with Crippen LogP contribution < -0.4 is 11.1 Å². The summed E-state index contributed by atoms with van der Waals surface area (Å²) in [6.45, 7) is 0.891. The number of aromatic nitrogens is 2. The van der Waals surface area contributed by atoms with Crippen LogP contribution in [0.5, 0.6) is 0 Å². The number of hydrogen-bond donors (Lipinski definition) is 2. The van der Waals surface area contributed by atoms with Crippen molar-refractivity contribution in [3.63, 3.8) is 0 Å². The standard InChI is InChI=1S/C11H16N4S2/c1-17-11(3-2-4-11)7-15-10-8(9(12)16)13-5-6-14-10/h5-6H,2-4,7H2,1H3,(H2,12,16)(H,14,15). The minimum atomic E-state index is 0.285. The van der Waals surface area contributed by atoms with Crippen LogP contribution in [0.15, 0.2) is 12.4 Å². The van der Waals surface area contributed by atoms with E-state index in [1.807, 2.05) is 11.8 Å². The average molecular weight is 268 g/mol. The Morgan fingerprint density at radius 2 is 2.24 bits per heavy atom. The molecule has 0 bridgehead atoms. The lowest BCUT2D eigenvalue weighted by atomic mass is 9.84. The largest absolute Gasteiger partial charge is 0.388 e. The minimum Gasteiger partial charge on any atom is -0.388 e. The first-order valence-electron chi connectivity index (χ1n) is 5.57. The fourth-order valence-corrected chi connectivity index (χ4v) is 2.98. The monoisotopic (exact) mass is 268 g/mol. The normalized spacial score (nSPS) is 17.2. The maximum absolute atomic E-state index is 5.62. The Morgan fingerprint density at radius 3 is 2.76 bits per heavy atom. The van der Waals surface area contributed by atoms with Crippen LogP contribution in [0.25, 0.3) is 0 Å². The first-order chi connectivity index (χ1) is 8.17. The number of rotatable bonds is 5. The maximum Gasteiger partial charge on any atom is 0.155 e. The first-order valence-corrected chi connectivity index (χ1v) is 7.20. The van der Waals surface area contributed by atoms with Crippen LogP contribution in [-0.4, -0.2) is 32.5 Å². The van der Waals surface area contributed by atoms with Gasteiger partial charge in [-0.15, -0.1) is 0 Å². The van der Waals surface area contributed by atoms with Crippen molar-refractivity contribution in [1.29, 1.82) is 0 Å². The molecule has 1 aromatic rings. The molecule has 0 amide bonds. The molecule has 0 spiro atoms. The van der Waals surface area contributed by atoms with E-state index in [2.05, 4.69) is 21.5 Å². The van der Waals surface area contributed by atoms with Gasteiger partial charge < -0.3 is 11.1 Å². The first kappa shape index (κ1) is 12.6. The van der Waals surface area contributed by atoms with Crippen molar-refractivity contribution >= 4 is 34.8 Å². The highest BCUT2D eigenvalue weighted by Gasteiger charge is 2.36. The molecule has 0 aromatic carbocycles. The van der Waals surface area contributed by atoms with Crippen molar-refractivity contribution in [1.82, 2.24) is 9.97 Å². The molecule has 0 saturated heterocycles. The summed E-state index contributed by atoms with van der Waals surface area (Å²) in [5, 5.41) is 3.33. The van der Waals surface area contributed by atoms with E-state index >= 15 is 0 Å². The minimum absolute atomic E-state index is 0.285. The van der Waals surface area contributed by atoms with E-state index in [0.717, 1.165) is 6.54 Å². The van der Waals surface area contributed by atoms with Crippen molar-refractivity contribution in [3.05, 3.63) is 18.1 Å². The molecule has 0 unspecified atom stereocenters. The molecule has 1 aromatic heterocycles. The lowest BCUT2D eigenvalue weighted by molar-refractivity contribution is 0.379. The van der Waals surface area contributed by atoms with Crippen LogP contribution in [0.4, 0.5) is 5.82 Å². The van der Waals surface area contributed by atoms with Crippen LogP contribution in [0, 0.1) is 0 Å². The van der Waals surface area contributed by atoms with E-state index in [9.17, 15) is 0 Å². The van der Waals surface area contributed by atoms with E-state index in [4.69, 9.17) is 18.0 Å². The molecule has 3 N–H and O–H groups in total. The second-order valence-corrected chi connectivity index (χ2v) is 5.93. The van der Waals surface area contributed by atoms with Gasteiger partial charge >= 0.3 is 0 Å². The summed E-state index contributed by atoms with van der Waals surface area (Å²) in [6.07, 6.45) is 9.23. The second kappa shape index (κ2) is 5.18. The summed E-state index contributed by atoms with van der Waals surface area (Å²) in [7, 11) is 0. The Kier molecular flexibility index (Phi) is 3.83. The molecular formula is C11H16N4S2. The number of thiocarbonyl (C=S) groups is 1. The van der Waals surface area contributed by atoms with Gasteiger partial charge in [-0.05, 0) is 19.1 Å². The fourth-order valence-electron chi connectivity index (χ4n) is 1.92. The highest BCUT2D eigenvalue weighted by Crippen LogP contribution is 2.42. The van der Waals surface area contributed by atoms with Gasteiger partial charge in [0.15, 0.2) is 5.82 Å². The molecule has 0 radical (unpaired) electrons. The number of thioether (sulfide) groups is 1. The zero-order valence-electron chi connectivity index (χ0n) is 9.77. The van der Waals surface area contributed by atoms with Crippen LogP contribution >= 0.6 is 24.0 Å². The molecule has 92 valence electrons. The lowest BCUT2D eigenvalue weighted by Gasteiger charge is -2.40. The van der Waals surface area contributed by atoms with Gasteiger partial charge in [-0.3, -0.25) is 0 Å². The highest BCUT2D eigenvalue weighted by molar-refractivity contribution is 8.00. The Labute approximate surface area is 111 Å². The molecule has 0 atom stereocenters. The average Bonchev–Trinajstić information content (AvgIpc) is 2.28.